The van der Waals surface area contributed by atoms with Crippen LogP contribution in [0, 0.1) is 22.7 Å². The number of carbonyl (C=O) groups excluding carboxylic acids is 1. The summed E-state index contributed by atoms with van der Waals surface area (Å²) in [5.41, 5.74) is 0.724. The van der Waals surface area contributed by atoms with E-state index in [9.17, 15) is 9.59 Å². The molecule has 0 spiro atoms. The first kappa shape index (κ1) is 22.2. The molecule has 176 valence electrons. The van der Waals surface area contributed by atoms with Crippen molar-refractivity contribution in [3.8, 4) is 17.1 Å². The number of esters is 1. The Bertz CT molecular complexity index is 1130. The third-order valence-electron chi connectivity index (χ3n) is 9.06. The average molecular weight is 451 g/mol. The molecule has 5 nitrogen and oxygen atoms in total. The maximum atomic E-state index is 13.1. The number of fused-ring (bicyclic) bond motifs is 4. The third-order valence-corrected chi connectivity index (χ3v) is 9.06. The first-order valence-electron chi connectivity index (χ1n) is 12.1. The van der Waals surface area contributed by atoms with Crippen molar-refractivity contribution in [1.82, 2.24) is 0 Å². The van der Waals surface area contributed by atoms with Crippen LogP contribution in [0.4, 0.5) is 0 Å². The zero-order valence-electron chi connectivity index (χ0n) is 20.3. The minimum Gasteiger partial charge on any atom is -0.487 e. The zero-order chi connectivity index (χ0) is 23.6. The molecule has 5 atom stereocenters. The van der Waals surface area contributed by atoms with Gasteiger partial charge in [0.1, 0.15) is 23.2 Å². The van der Waals surface area contributed by atoms with Crippen molar-refractivity contribution in [2.45, 2.75) is 78.4 Å². The van der Waals surface area contributed by atoms with E-state index in [1.165, 1.54) is 6.92 Å². The van der Waals surface area contributed by atoms with Crippen molar-refractivity contribution in [2.75, 3.05) is 0 Å². The van der Waals surface area contributed by atoms with Crippen molar-refractivity contribution in [3.63, 3.8) is 0 Å². The van der Waals surface area contributed by atoms with E-state index in [2.05, 4.69) is 27.7 Å². The predicted molar refractivity (Wildman–Crippen MR) is 126 cm³/mol. The summed E-state index contributed by atoms with van der Waals surface area (Å²) in [4.78, 5) is 24.8. The highest BCUT2D eigenvalue weighted by Gasteiger charge is 2.63. The number of ether oxygens (including phenoxy) is 2. The van der Waals surface area contributed by atoms with Gasteiger partial charge < -0.3 is 13.9 Å². The molecule has 2 saturated carbocycles. The van der Waals surface area contributed by atoms with Crippen molar-refractivity contribution >= 4 is 5.97 Å². The molecule has 0 radical (unpaired) electrons. The van der Waals surface area contributed by atoms with Crippen LogP contribution in [-0.4, -0.2) is 17.7 Å². The summed E-state index contributed by atoms with van der Waals surface area (Å²) in [7, 11) is 0. The van der Waals surface area contributed by atoms with Gasteiger partial charge in [-0.2, -0.15) is 0 Å². The van der Waals surface area contributed by atoms with E-state index < -0.39 is 0 Å². The van der Waals surface area contributed by atoms with E-state index in [1.807, 2.05) is 36.4 Å². The maximum absolute atomic E-state index is 13.1. The van der Waals surface area contributed by atoms with E-state index in [1.54, 1.807) is 0 Å². The molecule has 2 aromatic rings. The van der Waals surface area contributed by atoms with Gasteiger partial charge in [-0.05, 0) is 50.4 Å². The topological polar surface area (TPSA) is 65.7 Å². The lowest BCUT2D eigenvalue weighted by atomic mass is 9.44. The van der Waals surface area contributed by atoms with Gasteiger partial charge in [0.2, 0.25) is 0 Å². The molecular weight excluding hydrogens is 416 g/mol. The maximum Gasteiger partial charge on any atom is 0.343 e. The standard InChI is InChI=1S/C28H34O5/c1-17(29)31-24-12-13-27(4)22(26(24,2)3)11-14-28(5)23(27)15-19-21(33-28)16-20(32-25(19)30)18-9-7-6-8-10-18/h6-10,16,22-24H,11-15H2,1-5H3/t22-,23+,24-,27-,28-/m1/s1. The molecule has 5 rings (SSSR count). The fourth-order valence-corrected chi connectivity index (χ4v) is 7.44. The first-order chi connectivity index (χ1) is 15.5. The SMILES string of the molecule is CC(=O)O[C@@H]1CC[C@]2(C)[C@H](CC[C@@]3(C)Oc4cc(-c5ccccc5)oc(=O)c4C[C@@H]23)C1(C)C. The summed E-state index contributed by atoms with van der Waals surface area (Å²) in [6.07, 6.45) is 4.29. The second-order valence-corrected chi connectivity index (χ2v) is 11.3. The molecule has 1 aliphatic heterocycles. The smallest absolute Gasteiger partial charge is 0.343 e. The second kappa shape index (κ2) is 7.48. The van der Waals surface area contributed by atoms with Crippen molar-refractivity contribution in [2.24, 2.45) is 22.7 Å². The van der Waals surface area contributed by atoms with E-state index in [0.29, 0.717) is 29.4 Å². The summed E-state index contributed by atoms with van der Waals surface area (Å²) in [5, 5.41) is 0. The van der Waals surface area contributed by atoms with Gasteiger partial charge in [-0.25, -0.2) is 4.79 Å². The molecule has 2 aliphatic carbocycles. The van der Waals surface area contributed by atoms with Gasteiger partial charge >= 0.3 is 11.6 Å². The Hall–Kier alpha value is -2.56. The van der Waals surface area contributed by atoms with Gasteiger partial charge in [-0.3, -0.25) is 4.79 Å². The quantitative estimate of drug-likeness (QED) is 0.542. The van der Waals surface area contributed by atoms with Crippen LogP contribution >= 0.6 is 0 Å². The van der Waals surface area contributed by atoms with Crippen LogP contribution in [-0.2, 0) is 16.0 Å². The molecule has 2 fully saturated rings. The molecule has 0 bridgehead atoms. The molecule has 0 amide bonds. The van der Waals surface area contributed by atoms with E-state index >= 15 is 0 Å². The number of rotatable bonds is 2. The van der Waals surface area contributed by atoms with Crippen LogP contribution in [0.25, 0.3) is 11.3 Å². The minimum atomic E-state index is -0.343. The van der Waals surface area contributed by atoms with Crippen LogP contribution in [0.2, 0.25) is 0 Å². The summed E-state index contributed by atoms with van der Waals surface area (Å²) >= 11 is 0. The summed E-state index contributed by atoms with van der Waals surface area (Å²) in [6, 6.07) is 11.6. The summed E-state index contributed by atoms with van der Waals surface area (Å²) in [5.74, 6) is 1.57. The number of benzene rings is 1. The zero-order valence-corrected chi connectivity index (χ0v) is 20.3. The molecule has 0 unspecified atom stereocenters. The van der Waals surface area contributed by atoms with Gasteiger partial charge in [-0.1, -0.05) is 51.1 Å². The molecule has 1 aromatic heterocycles. The Labute approximate surface area is 195 Å². The number of hydrogen-bond donors (Lipinski definition) is 0. The average Bonchev–Trinajstić information content (AvgIpc) is 2.75. The fourth-order valence-electron chi connectivity index (χ4n) is 7.44. The molecule has 0 N–H and O–H groups in total. The molecule has 0 saturated heterocycles. The lowest BCUT2D eigenvalue weighted by molar-refractivity contribution is -0.204. The van der Waals surface area contributed by atoms with Gasteiger partial charge in [0.15, 0.2) is 0 Å². The van der Waals surface area contributed by atoms with Gasteiger partial charge in [0, 0.05) is 29.9 Å². The lowest BCUT2D eigenvalue weighted by Crippen LogP contribution is -2.64. The number of hydrogen-bond acceptors (Lipinski definition) is 5. The molecular formula is C28H34O5. The minimum absolute atomic E-state index is 0.0185. The van der Waals surface area contributed by atoms with Crippen LogP contribution in [0.1, 0.15) is 65.9 Å². The van der Waals surface area contributed by atoms with Crippen molar-refractivity contribution < 1.29 is 18.7 Å². The van der Waals surface area contributed by atoms with E-state index in [-0.39, 0.29) is 40.0 Å². The molecule has 3 aliphatic rings. The Balaban J connectivity index is 1.52. The third kappa shape index (κ3) is 3.43. The normalized spacial score (nSPS) is 34.3. The lowest BCUT2D eigenvalue weighted by Gasteiger charge is -2.64. The summed E-state index contributed by atoms with van der Waals surface area (Å²) in [6.45, 7) is 10.5. The second-order valence-electron chi connectivity index (χ2n) is 11.3. The Morgan fingerprint density at radius 2 is 1.76 bits per heavy atom. The number of carbonyl (C=O) groups is 1. The molecule has 1 aromatic carbocycles. The predicted octanol–water partition coefficient (Wildman–Crippen LogP) is 5.78. The highest BCUT2D eigenvalue weighted by Crippen LogP contribution is 2.64. The van der Waals surface area contributed by atoms with Crippen LogP contribution in [0.15, 0.2) is 45.6 Å². The highest BCUT2D eigenvalue weighted by atomic mass is 16.5. The van der Waals surface area contributed by atoms with Gasteiger partial charge in [0.05, 0.1) is 5.56 Å². The Morgan fingerprint density at radius 1 is 1.03 bits per heavy atom. The monoisotopic (exact) mass is 450 g/mol. The van der Waals surface area contributed by atoms with E-state index in [0.717, 1.165) is 31.2 Å². The fraction of sp³-hybridized carbons (Fsp3) is 0.571. The first-order valence-corrected chi connectivity index (χ1v) is 12.1. The Kier molecular flexibility index (Phi) is 5.04. The highest BCUT2D eigenvalue weighted by molar-refractivity contribution is 5.66. The van der Waals surface area contributed by atoms with Crippen LogP contribution in [0.5, 0.6) is 5.75 Å². The largest absolute Gasteiger partial charge is 0.487 e. The van der Waals surface area contributed by atoms with Gasteiger partial charge in [0.25, 0.3) is 0 Å². The molecule has 33 heavy (non-hydrogen) atoms. The molecule has 2 heterocycles. The molecule has 5 heteroatoms. The Morgan fingerprint density at radius 3 is 2.45 bits per heavy atom. The summed E-state index contributed by atoms with van der Waals surface area (Å²) < 4.78 is 18.2. The van der Waals surface area contributed by atoms with Crippen molar-refractivity contribution in [3.05, 3.63) is 52.4 Å². The van der Waals surface area contributed by atoms with E-state index in [4.69, 9.17) is 13.9 Å². The van der Waals surface area contributed by atoms with Gasteiger partial charge in [-0.15, -0.1) is 0 Å². The van der Waals surface area contributed by atoms with Crippen LogP contribution < -0.4 is 10.4 Å². The van der Waals surface area contributed by atoms with Crippen molar-refractivity contribution in [1.29, 1.82) is 0 Å². The van der Waals surface area contributed by atoms with Crippen LogP contribution in [0.3, 0.4) is 0 Å².